The van der Waals surface area contributed by atoms with Gasteiger partial charge in [-0.1, -0.05) is 26.8 Å². The maximum atomic E-state index is 13.2. The van der Waals surface area contributed by atoms with Crippen LogP contribution in [0.2, 0.25) is 0 Å². The predicted molar refractivity (Wildman–Crippen MR) is 152 cm³/mol. The number of phenols is 1. The predicted octanol–water partition coefficient (Wildman–Crippen LogP) is 3.65. The van der Waals surface area contributed by atoms with Crippen molar-refractivity contribution in [3.63, 3.8) is 0 Å². The zero-order valence-corrected chi connectivity index (χ0v) is 22.9. The number of thiophene rings is 1. The summed E-state index contributed by atoms with van der Waals surface area (Å²) in [6, 6.07) is 10.5. The van der Waals surface area contributed by atoms with Crippen LogP contribution < -0.4 is 16.4 Å². The van der Waals surface area contributed by atoms with Crippen LogP contribution in [0, 0.1) is 12.3 Å². The molecule has 1 aliphatic rings. The Bertz CT molecular complexity index is 1340. The highest BCUT2D eigenvalue weighted by Crippen LogP contribution is 2.39. The molecule has 3 aromatic rings. The van der Waals surface area contributed by atoms with E-state index in [0.29, 0.717) is 32.1 Å². The van der Waals surface area contributed by atoms with E-state index in [0.717, 1.165) is 4.88 Å². The van der Waals surface area contributed by atoms with Crippen LogP contribution in [-0.4, -0.2) is 63.7 Å². The molecule has 1 atom stereocenters. The van der Waals surface area contributed by atoms with Crippen LogP contribution in [0.4, 0.5) is 11.6 Å². The molecule has 0 aliphatic carbocycles. The summed E-state index contributed by atoms with van der Waals surface area (Å²) in [6.45, 7) is 10.4. The lowest BCUT2D eigenvalue weighted by atomic mass is 9.86. The van der Waals surface area contributed by atoms with Crippen molar-refractivity contribution in [2.75, 3.05) is 31.1 Å². The number of para-hydroxylation sites is 1. The molecule has 0 spiro atoms. The molecule has 1 fully saturated rings. The Morgan fingerprint density at radius 2 is 1.71 bits per heavy atom. The van der Waals surface area contributed by atoms with Crippen LogP contribution in [0.5, 0.6) is 5.75 Å². The number of anilines is 1. The molecular formula is C27H34N8O2S. The summed E-state index contributed by atoms with van der Waals surface area (Å²) in [5.41, 5.74) is 12.6. The summed E-state index contributed by atoms with van der Waals surface area (Å²) in [6.07, 6.45) is 3.39. The van der Waals surface area contributed by atoms with Crippen LogP contribution in [-0.2, 0) is 0 Å². The number of nitrogens with two attached hydrogens (primary N) is 2. The van der Waals surface area contributed by atoms with Gasteiger partial charge in [0.2, 0.25) is 5.95 Å². The molecule has 3 heterocycles. The quantitative estimate of drug-likeness (QED) is 0.334. The minimum Gasteiger partial charge on any atom is -0.505 e. The molecule has 4 rings (SSSR count). The number of amidine groups is 2. The van der Waals surface area contributed by atoms with Crippen molar-refractivity contribution in [1.29, 1.82) is 0 Å². The molecule has 2 aromatic heterocycles. The van der Waals surface area contributed by atoms with Gasteiger partial charge in [0.25, 0.3) is 5.91 Å². The van der Waals surface area contributed by atoms with Gasteiger partial charge in [-0.25, -0.2) is 15.0 Å². The monoisotopic (exact) mass is 534 g/mol. The van der Waals surface area contributed by atoms with E-state index >= 15 is 0 Å². The Hall–Kier alpha value is -3.99. The third kappa shape index (κ3) is 6.10. The molecule has 11 heteroatoms. The van der Waals surface area contributed by atoms with E-state index in [1.165, 1.54) is 4.88 Å². The smallest absolute Gasteiger partial charge is 0.257 e. The fourth-order valence-electron chi connectivity index (χ4n) is 4.21. The van der Waals surface area contributed by atoms with Gasteiger partial charge in [-0.3, -0.25) is 9.79 Å². The fourth-order valence-corrected chi connectivity index (χ4v) is 5.37. The zero-order chi connectivity index (χ0) is 27.4. The number of amides is 1. The number of hydrogen-bond acceptors (Lipinski definition) is 8. The molecular weight excluding hydrogens is 500 g/mol. The summed E-state index contributed by atoms with van der Waals surface area (Å²) in [5.74, 6) is 0.157. The highest BCUT2D eigenvalue weighted by molar-refractivity contribution is 7.12. The van der Waals surface area contributed by atoms with Crippen LogP contribution in [0.25, 0.3) is 0 Å². The molecule has 1 aromatic carbocycles. The van der Waals surface area contributed by atoms with Gasteiger partial charge in [0.15, 0.2) is 17.4 Å². The minimum absolute atomic E-state index is 0.0242. The van der Waals surface area contributed by atoms with Gasteiger partial charge in [-0.05, 0) is 42.7 Å². The van der Waals surface area contributed by atoms with E-state index in [-0.39, 0.29) is 46.0 Å². The van der Waals surface area contributed by atoms with Crippen molar-refractivity contribution in [3.05, 3.63) is 64.1 Å². The first-order valence-corrected chi connectivity index (χ1v) is 13.2. The molecule has 0 radical (unpaired) electrons. The third-order valence-corrected chi connectivity index (χ3v) is 7.32. The van der Waals surface area contributed by atoms with Crippen molar-refractivity contribution in [2.45, 2.75) is 33.7 Å². The topological polar surface area (TPSA) is 146 Å². The average Bonchev–Trinajstić information content (AvgIpc) is 3.33. The normalized spacial score (nSPS) is 16.0. The summed E-state index contributed by atoms with van der Waals surface area (Å²) >= 11 is 1.66. The number of aromatic hydroxyl groups is 1. The molecule has 200 valence electrons. The lowest BCUT2D eigenvalue weighted by molar-refractivity contribution is 0.0743. The second kappa shape index (κ2) is 11.2. The van der Waals surface area contributed by atoms with Crippen molar-refractivity contribution in [3.8, 4) is 5.75 Å². The number of nitrogens with zero attached hydrogens (tertiary/aromatic N) is 6. The number of aromatic nitrogens is 2. The SMILES string of the molecule is Cc1ccc([C@H](N=C(N)C(N)=Nc2cccc(C(=O)N3CCN(c4ncccn4)CC3)c2O)C(C)(C)C)s1. The number of phenolic OH excluding ortho intramolecular Hbond substituents is 1. The van der Waals surface area contributed by atoms with E-state index in [4.69, 9.17) is 16.5 Å². The molecule has 1 amide bonds. The highest BCUT2D eigenvalue weighted by Gasteiger charge is 2.28. The Balaban J connectivity index is 1.51. The van der Waals surface area contributed by atoms with Crippen molar-refractivity contribution >= 4 is 40.6 Å². The maximum absolute atomic E-state index is 13.2. The summed E-state index contributed by atoms with van der Waals surface area (Å²) in [5, 5.41) is 10.9. The van der Waals surface area contributed by atoms with Crippen molar-refractivity contribution in [1.82, 2.24) is 14.9 Å². The number of carbonyl (C=O) groups excluding carboxylic acids is 1. The van der Waals surface area contributed by atoms with Gasteiger partial charge in [-0.15, -0.1) is 11.3 Å². The number of carbonyl (C=O) groups is 1. The van der Waals surface area contributed by atoms with E-state index in [9.17, 15) is 9.90 Å². The third-order valence-electron chi connectivity index (χ3n) is 6.27. The first-order valence-electron chi connectivity index (χ1n) is 12.4. The highest BCUT2D eigenvalue weighted by atomic mass is 32.1. The van der Waals surface area contributed by atoms with Crippen LogP contribution in [0.3, 0.4) is 0 Å². The van der Waals surface area contributed by atoms with Gasteiger partial charge in [-0.2, -0.15) is 0 Å². The Labute approximate surface area is 226 Å². The molecule has 0 unspecified atom stereocenters. The summed E-state index contributed by atoms with van der Waals surface area (Å²) in [4.78, 5) is 36.8. The largest absolute Gasteiger partial charge is 0.505 e. The molecule has 38 heavy (non-hydrogen) atoms. The maximum Gasteiger partial charge on any atom is 0.257 e. The van der Waals surface area contributed by atoms with Crippen LogP contribution >= 0.6 is 11.3 Å². The standard InChI is InChI=1S/C27H34N8O2S/c1-17-9-10-20(38-17)22(27(2,3)4)33-24(29)23(28)32-19-8-5-7-18(21(19)36)25(37)34-13-15-35(16-14-34)26-30-11-6-12-31-26/h5-12,22,36H,13-16H2,1-4H3,(H2,28,32)(H2,29,33)/t22-/m0/s1. The molecule has 5 N–H and O–H groups in total. The fraction of sp³-hybridized carbons (Fsp3) is 0.370. The van der Waals surface area contributed by atoms with E-state index < -0.39 is 0 Å². The molecule has 0 saturated carbocycles. The number of rotatable bonds is 5. The van der Waals surface area contributed by atoms with Gasteiger partial charge >= 0.3 is 0 Å². The van der Waals surface area contributed by atoms with Crippen molar-refractivity contribution in [2.24, 2.45) is 26.9 Å². The second-order valence-electron chi connectivity index (χ2n) is 10.2. The minimum atomic E-state index is -0.283. The van der Waals surface area contributed by atoms with Gasteiger partial charge in [0, 0.05) is 48.3 Å². The second-order valence-corrected chi connectivity index (χ2v) is 11.5. The molecule has 10 nitrogen and oxygen atoms in total. The average molecular weight is 535 g/mol. The Kier molecular flexibility index (Phi) is 7.96. The lowest BCUT2D eigenvalue weighted by Crippen LogP contribution is -2.49. The number of aryl methyl sites for hydroxylation is 1. The van der Waals surface area contributed by atoms with E-state index in [1.54, 1.807) is 52.9 Å². The van der Waals surface area contributed by atoms with Gasteiger partial charge in [0.1, 0.15) is 5.69 Å². The van der Waals surface area contributed by atoms with Crippen LogP contribution in [0.1, 0.15) is 46.9 Å². The van der Waals surface area contributed by atoms with Gasteiger partial charge < -0.3 is 26.4 Å². The number of piperazine rings is 1. The Morgan fingerprint density at radius 1 is 1.03 bits per heavy atom. The first kappa shape index (κ1) is 27.1. The number of benzene rings is 1. The summed E-state index contributed by atoms with van der Waals surface area (Å²) in [7, 11) is 0. The molecule has 0 bridgehead atoms. The summed E-state index contributed by atoms with van der Waals surface area (Å²) < 4.78 is 0. The zero-order valence-electron chi connectivity index (χ0n) is 22.1. The lowest BCUT2D eigenvalue weighted by Gasteiger charge is -2.34. The number of hydrogen-bond donors (Lipinski definition) is 3. The molecule has 1 saturated heterocycles. The first-order chi connectivity index (χ1) is 18.0. The Morgan fingerprint density at radius 3 is 2.32 bits per heavy atom. The van der Waals surface area contributed by atoms with E-state index in [1.807, 2.05) is 17.9 Å². The number of aliphatic imine (C=N–C) groups is 2. The van der Waals surface area contributed by atoms with Crippen molar-refractivity contribution < 1.29 is 9.90 Å². The molecule has 1 aliphatic heterocycles. The van der Waals surface area contributed by atoms with Crippen LogP contribution in [0.15, 0.2) is 58.8 Å². The van der Waals surface area contributed by atoms with Gasteiger partial charge in [0.05, 0.1) is 11.6 Å². The van der Waals surface area contributed by atoms with E-state index in [2.05, 4.69) is 41.8 Å².